The highest BCUT2D eigenvalue weighted by Crippen LogP contribution is 2.65. The van der Waals surface area contributed by atoms with Crippen molar-refractivity contribution in [1.82, 2.24) is 10.2 Å². The highest BCUT2D eigenvalue weighted by Gasteiger charge is 2.69. The van der Waals surface area contributed by atoms with Gasteiger partial charge < -0.3 is 10.2 Å². The van der Waals surface area contributed by atoms with Gasteiger partial charge in [-0.15, -0.1) is 0 Å². The molecule has 0 radical (unpaired) electrons. The summed E-state index contributed by atoms with van der Waals surface area (Å²) in [5.74, 6) is 0.0800. The first kappa shape index (κ1) is 21.8. The van der Waals surface area contributed by atoms with Crippen molar-refractivity contribution < 1.29 is 14.4 Å². The Kier molecular flexibility index (Phi) is 5.57. The van der Waals surface area contributed by atoms with Gasteiger partial charge in [0, 0.05) is 24.8 Å². The van der Waals surface area contributed by atoms with Crippen LogP contribution in [0.3, 0.4) is 0 Å². The minimum Gasteiger partial charge on any atom is -0.339 e. The van der Waals surface area contributed by atoms with Crippen LogP contribution in [-0.4, -0.2) is 41.1 Å². The molecule has 2 aliphatic carbocycles. The summed E-state index contributed by atoms with van der Waals surface area (Å²) in [5.41, 5.74) is 0.0654. The van der Waals surface area contributed by atoms with Crippen LogP contribution in [0.5, 0.6) is 0 Å². The molecule has 1 N–H and O–H groups in total. The van der Waals surface area contributed by atoms with E-state index >= 15 is 0 Å². The maximum atomic E-state index is 13.2. The summed E-state index contributed by atoms with van der Waals surface area (Å²) in [7, 11) is 0. The van der Waals surface area contributed by atoms with E-state index in [1.165, 1.54) is 0 Å². The summed E-state index contributed by atoms with van der Waals surface area (Å²) in [6.45, 7) is 12.8. The average Bonchev–Trinajstić information content (AvgIpc) is 2.97. The summed E-state index contributed by atoms with van der Waals surface area (Å²) in [5, 5.41) is 12.5. The van der Waals surface area contributed by atoms with Crippen LogP contribution in [0.4, 0.5) is 0 Å². The number of piperidine rings is 1. The molecule has 5 atom stereocenters. The Hall–Kier alpha value is -1.90. The molecule has 0 bridgehead atoms. The number of fused-ring (bicyclic) bond motifs is 1. The summed E-state index contributed by atoms with van der Waals surface area (Å²) < 4.78 is 0. The zero-order chi connectivity index (χ0) is 21.7. The first-order valence-electron chi connectivity index (χ1n) is 10.9. The second-order valence-corrected chi connectivity index (χ2v) is 11.0. The third-order valence-corrected chi connectivity index (χ3v) is 7.52. The highest BCUT2D eigenvalue weighted by molar-refractivity contribution is 5.90. The Morgan fingerprint density at radius 2 is 1.93 bits per heavy atom. The standard InChI is InChI=1S/C23H35N3O3/c1-13(2)21(29)26-12-16-18(23(16,5)6)19(26)20(28)25-15(11-24)9-14-7-8-22(3,4)10-17(14)27/h13-16,18-19H,7-10,12H2,1-6H3,(H,25,28). The highest BCUT2D eigenvalue weighted by atomic mass is 16.2. The van der Waals surface area contributed by atoms with Gasteiger partial charge in [-0.1, -0.05) is 41.5 Å². The van der Waals surface area contributed by atoms with Gasteiger partial charge in [0.15, 0.2) is 0 Å². The molecular formula is C23H35N3O3. The molecule has 2 saturated carbocycles. The maximum absolute atomic E-state index is 13.2. The van der Waals surface area contributed by atoms with E-state index in [2.05, 4.69) is 39.1 Å². The van der Waals surface area contributed by atoms with Gasteiger partial charge in [-0.3, -0.25) is 14.4 Å². The SMILES string of the molecule is CC(C)C(=O)N1CC2C(C1C(=O)NC(C#N)CC1CCC(C)(C)CC1=O)C2(C)C. The van der Waals surface area contributed by atoms with Crippen LogP contribution >= 0.6 is 0 Å². The van der Waals surface area contributed by atoms with E-state index in [0.29, 0.717) is 25.3 Å². The lowest BCUT2D eigenvalue weighted by molar-refractivity contribution is -0.142. The molecule has 5 unspecified atom stereocenters. The number of amides is 2. The van der Waals surface area contributed by atoms with Crippen molar-refractivity contribution in [1.29, 1.82) is 5.26 Å². The molecule has 29 heavy (non-hydrogen) atoms. The molecule has 160 valence electrons. The number of carbonyl (C=O) groups excluding carboxylic acids is 3. The van der Waals surface area contributed by atoms with E-state index in [0.717, 1.165) is 12.8 Å². The number of ketones is 1. The number of carbonyl (C=O) groups is 3. The lowest BCUT2D eigenvalue weighted by Crippen LogP contribution is -2.53. The molecule has 6 nitrogen and oxygen atoms in total. The molecule has 1 heterocycles. The minimum absolute atomic E-state index is 0.00801. The number of hydrogen-bond acceptors (Lipinski definition) is 4. The second-order valence-electron chi connectivity index (χ2n) is 11.0. The Labute approximate surface area is 174 Å². The smallest absolute Gasteiger partial charge is 0.244 e. The summed E-state index contributed by atoms with van der Waals surface area (Å²) >= 11 is 0. The number of hydrogen-bond donors (Lipinski definition) is 1. The predicted molar refractivity (Wildman–Crippen MR) is 109 cm³/mol. The molecule has 2 amide bonds. The van der Waals surface area contributed by atoms with E-state index in [1.54, 1.807) is 4.90 Å². The van der Waals surface area contributed by atoms with Crippen LogP contribution < -0.4 is 5.32 Å². The number of nitrogens with zero attached hydrogens (tertiary/aromatic N) is 2. The summed E-state index contributed by atoms with van der Waals surface area (Å²) in [4.78, 5) is 40.0. The largest absolute Gasteiger partial charge is 0.339 e. The zero-order valence-electron chi connectivity index (χ0n) is 18.6. The molecule has 3 rings (SSSR count). The van der Waals surface area contributed by atoms with Gasteiger partial charge in [-0.05, 0) is 41.9 Å². The van der Waals surface area contributed by atoms with Gasteiger partial charge in [0.25, 0.3) is 0 Å². The number of nitrogens with one attached hydrogen (secondary N) is 1. The monoisotopic (exact) mass is 401 g/mol. The van der Waals surface area contributed by atoms with Gasteiger partial charge in [-0.25, -0.2) is 0 Å². The first-order chi connectivity index (χ1) is 13.4. The predicted octanol–water partition coefficient (Wildman–Crippen LogP) is 2.92. The van der Waals surface area contributed by atoms with Crippen molar-refractivity contribution >= 4 is 17.6 Å². The van der Waals surface area contributed by atoms with Crippen molar-refractivity contribution in [2.75, 3.05) is 6.54 Å². The molecule has 6 heteroatoms. The van der Waals surface area contributed by atoms with Crippen molar-refractivity contribution in [3.8, 4) is 6.07 Å². The molecular weight excluding hydrogens is 366 g/mol. The van der Waals surface area contributed by atoms with E-state index in [-0.39, 0.29) is 46.2 Å². The number of nitriles is 1. The van der Waals surface area contributed by atoms with Crippen molar-refractivity contribution in [2.45, 2.75) is 79.3 Å². The van der Waals surface area contributed by atoms with Crippen LogP contribution in [0, 0.1) is 45.8 Å². The Morgan fingerprint density at radius 1 is 1.28 bits per heavy atom. The number of rotatable bonds is 5. The Bertz CT molecular complexity index is 749. The van der Waals surface area contributed by atoms with Gasteiger partial charge in [0.1, 0.15) is 17.9 Å². The average molecular weight is 402 g/mol. The topological polar surface area (TPSA) is 90.3 Å². The number of likely N-dealkylation sites (tertiary alicyclic amines) is 1. The van der Waals surface area contributed by atoms with Crippen LogP contribution in [0.1, 0.15) is 67.2 Å². The van der Waals surface area contributed by atoms with E-state index in [9.17, 15) is 19.6 Å². The fraction of sp³-hybridized carbons (Fsp3) is 0.826. The van der Waals surface area contributed by atoms with E-state index in [1.807, 2.05) is 13.8 Å². The summed E-state index contributed by atoms with van der Waals surface area (Å²) in [6, 6.07) is 0.962. The lowest BCUT2D eigenvalue weighted by atomic mass is 9.71. The second kappa shape index (κ2) is 7.41. The van der Waals surface area contributed by atoms with Crippen LogP contribution in [-0.2, 0) is 14.4 Å². The lowest BCUT2D eigenvalue weighted by Gasteiger charge is -2.34. The first-order valence-corrected chi connectivity index (χ1v) is 10.9. The van der Waals surface area contributed by atoms with E-state index in [4.69, 9.17) is 0 Å². The molecule has 1 aliphatic heterocycles. The van der Waals surface area contributed by atoms with Crippen LogP contribution in [0.15, 0.2) is 0 Å². The van der Waals surface area contributed by atoms with Gasteiger partial charge in [0.05, 0.1) is 6.07 Å². The van der Waals surface area contributed by atoms with Crippen molar-refractivity contribution in [2.24, 2.45) is 34.5 Å². The normalized spacial score (nSPS) is 33.0. The van der Waals surface area contributed by atoms with E-state index < -0.39 is 12.1 Å². The molecule has 3 fully saturated rings. The zero-order valence-corrected chi connectivity index (χ0v) is 18.6. The van der Waals surface area contributed by atoms with Crippen molar-refractivity contribution in [3.05, 3.63) is 0 Å². The molecule has 0 aromatic heterocycles. The quantitative estimate of drug-likeness (QED) is 0.767. The van der Waals surface area contributed by atoms with Crippen molar-refractivity contribution in [3.63, 3.8) is 0 Å². The molecule has 0 aromatic carbocycles. The van der Waals surface area contributed by atoms with Gasteiger partial charge in [0.2, 0.25) is 11.8 Å². The molecule has 0 aromatic rings. The minimum atomic E-state index is -0.699. The third kappa shape index (κ3) is 4.06. The van der Waals surface area contributed by atoms with Gasteiger partial charge in [-0.2, -0.15) is 5.26 Å². The number of Topliss-reactive ketones (excluding diaryl/α,β-unsaturated/α-hetero) is 1. The van der Waals surface area contributed by atoms with Crippen LogP contribution in [0.25, 0.3) is 0 Å². The Balaban J connectivity index is 1.67. The summed E-state index contributed by atoms with van der Waals surface area (Å²) in [6.07, 6.45) is 2.60. The van der Waals surface area contributed by atoms with Gasteiger partial charge >= 0.3 is 0 Å². The maximum Gasteiger partial charge on any atom is 0.244 e. The van der Waals surface area contributed by atoms with Crippen LogP contribution in [0.2, 0.25) is 0 Å². The Morgan fingerprint density at radius 3 is 2.48 bits per heavy atom. The third-order valence-electron chi connectivity index (χ3n) is 7.52. The molecule has 1 saturated heterocycles. The molecule has 3 aliphatic rings. The molecule has 0 spiro atoms. The fourth-order valence-corrected chi connectivity index (χ4v) is 5.51. The fourth-order valence-electron chi connectivity index (χ4n) is 5.51.